The van der Waals surface area contributed by atoms with Gasteiger partial charge in [0.15, 0.2) is 0 Å². The SMILES string of the molecule is O=C(Cn1c(C(F)(F)F)nc2ccccc21)NC1CCCc2ccccc21. The van der Waals surface area contributed by atoms with Gasteiger partial charge in [-0.25, -0.2) is 4.98 Å². The molecule has 1 heterocycles. The van der Waals surface area contributed by atoms with Crippen LogP contribution in [-0.4, -0.2) is 15.5 Å². The summed E-state index contributed by atoms with van der Waals surface area (Å²) in [6, 6.07) is 14.0. The van der Waals surface area contributed by atoms with E-state index < -0.39 is 24.5 Å². The van der Waals surface area contributed by atoms with Gasteiger partial charge in [-0.3, -0.25) is 4.79 Å². The molecule has 140 valence electrons. The fourth-order valence-electron chi connectivity index (χ4n) is 3.74. The monoisotopic (exact) mass is 373 g/mol. The number of aromatic nitrogens is 2. The molecule has 0 saturated carbocycles. The van der Waals surface area contributed by atoms with Crippen LogP contribution in [-0.2, 0) is 23.9 Å². The Morgan fingerprint density at radius 3 is 2.70 bits per heavy atom. The molecule has 0 aliphatic heterocycles. The van der Waals surface area contributed by atoms with E-state index in [0.29, 0.717) is 5.52 Å². The zero-order valence-corrected chi connectivity index (χ0v) is 14.5. The second kappa shape index (κ2) is 6.72. The van der Waals surface area contributed by atoms with E-state index in [-0.39, 0.29) is 11.6 Å². The second-order valence-electron chi connectivity index (χ2n) is 6.72. The van der Waals surface area contributed by atoms with E-state index in [1.54, 1.807) is 18.2 Å². The number of imidazole rings is 1. The number of alkyl halides is 3. The number of benzene rings is 2. The molecule has 1 aliphatic rings. The quantitative estimate of drug-likeness (QED) is 0.746. The molecule has 4 nitrogen and oxygen atoms in total. The highest BCUT2D eigenvalue weighted by Gasteiger charge is 2.38. The minimum atomic E-state index is -4.63. The van der Waals surface area contributed by atoms with Gasteiger partial charge in [-0.15, -0.1) is 0 Å². The molecule has 27 heavy (non-hydrogen) atoms. The first-order valence-electron chi connectivity index (χ1n) is 8.83. The largest absolute Gasteiger partial charge is 0.449 e. The van der Waals surface area contributed by atoms with E-state index >= 15 is 0 Å². The summed E-state index contributed by atoms with van der Waals surface area (Å²) in [5.41, 5.74) is 2.74. The van der Waals surface area contributed by atoms with Crippen molar-refractivity contribution in [1.29, 1.82) is 0 Å². The lowest BCUT2D eigenvalue weighted by molar-refractivity contribution is -0.147. The Balaban J connectivity index is 1.61. The molecule has 0 saturated heterocycles. The lowest BCUT2D eigenvalue weighted by Crippen LogP contribution is -2.34. The number of rotatable bonds is 3. The van der Waals surface area contributed by atoms with Gasteiger partial charge in [-0.1, -0.05) is 36.4 Å². The van der Waals surface area contributed by atoms with Crippen LogP contribution < -0.4 is 5.32 Å². The van der Waals surface area contributed by atoms with E-state index in [2.05, 4.69) is 10.3 Å². The molecule has 0 spiro atoms. The third kappa shape index (κ3) is 3.41. The number of amides is 1. The van der Waals surface area contributed by atoms with Gasteiger partial charge in [-0.05, 0) is 42.5 Å². The molecule has 0 fully saturated rings. The van der Waals surface area contributed by atoms with Crippen LogP contribution >= 0.6 is 0 Å². The fraction of sp³-hybridized carbons (Fsp3) is 0.300. The Morgan fingerprint density at radius 2 is 1.89 bits per heavy atom. The summed E-state index contributed by atoms with van der Waals surface area (Å²) in [6.45, 7) is -0.423. The number of aryl methyl sites for hydroxylation is 1. The maximum Gasteiger partial charge on any atom is 0.449 e. The van der Waals surface area contributed by atoms with Gasteiger partial charge in [0.1, 0.15) is 6.54 Å². The van der Waals surface area contributed by atoms with Gasteiger partial charge in [0.2, 0.25) is 11.7 Å². The zero-order valence-electron chi connectivity index (χ0n) is 14.5. The second-order valence-corrected chi connectivity index (χ2v) is 6.72. The van der Waals surface area contributed by atoms with Crippen molar-refractivity contribution in [3.63, 3.8) is 0 Å². The maximum absolute atomic E-state index is 13.4. The highest BCUT2D eigenvalue weighted by Crippen LogP contribution is 2.32. The predicted octanol–water partition coefficient (Wildman–Crippen LogP) is 4.25. The number of para-hydroxylation sites is 2. The number of halogens is 3. The number of hydrogen-bond acceptors (Lipinski definition) is 2. The van der Waals surface area contributed by atoms with E-state index in [9.17, 15) is 18.0 Å². The number of nitrogens with one attached hydrogen (secondary N) is 1. The molecule has 4 rings (SSSR count). The highest BCUT2D eigenvalue weighted by molar-refractivity contribution is 5.81. The minimum absolute atomic E-state index is 0.174. The molecule has 1 amide bonds. The first kappa shape index (κ1) is 17.6. The Labute approximate surface area is 154 Å². The van der Waals surface area contributed by atoms with Crippen molar-refractivity contribution < 1.29 is 18.0 Å². The molecule has 2 aromatic carbocycles. The first-order valence-corrected chi connectivity index (χ1v) is 8.83. The minimum Gasteiger partial charge on any atom is -0.348 e. The van der Waals surface area contributed by atoms with Gasteiger partial charge >= 0.3 is 6.18 Å². The van der Waals surface area contributed by atoms with Crippen molar-refractivity contribution in [2.75, 3.05) is 0 Å². The summed E-state index contributed by atoms with van der Waals surface area (Å²) in [6.07, 6.45) is -1.97. The number of carbonyl (C=O) groups excluding carboxylic acids is 1. The molecule has 1 N–H and O–H groups in total. The molecule has 1 atom stereocenters. The summed E-state index contributed by atoms with van der Waals surface area (Å²) < 4.78 is 41.1. The van der Waals surface area contributed by atoms with Crippen LogP contribution in [0.2, 0.25) is 0 Å². The lowest BCUT2D eigenvalue weighted by atomic mass is 9.88. The van der Waals surface area contributed by atoms with Crippen molar-refractivity contribution in [1.82, 2.24) is 14.9 Å². The Hall–Kier alpha value is -2.83. The molecule has 3 aromatic rings. The van der Waals surface area contributed by atoms with Crippen LogP contribution in [0.5, 0.6) is 0 Å². The number of carbonyl (C=O) groups is 1. The summed E-state index contributed by atoms with van der Waals surface area (Å²) in [5.74, 6) is -1.51. The smallest absolute Gasteiger partial charge is 0.348 e. The van der Waals surface area contributed by atoms with Crippen LogP contribution in [0, 0.1) is 0 Å². The molecule has 1 aromatic heterocycles. The van der Waals surface area contributed by atoms with Crippen molar-refractivity contribution in [3.05, 3.63) is 65.5 Å². The highest BCUT2D eigenvalue weighted by atomic mass is 19.4. The van der Waals surface area contributed by atoms with Gasteiger partial charge in [0, 0.05) is 0 Å². The van der Waals surface area contributed by atoms with Crippen LogP contribution in [0.25, 0.3) is 11.0 Å². The Bertz CT molecular complexity index is 994. The van der Waals surface area contributed by atoms with Gasteiger partial charge in [0.25, 0.3) is 0 Å². The van der Waals surface area contributed by atoms with Gasteiger partial charge < -0.3 is 9.88 Å². The number of hydrogen-bond donors (Lipinski definition) is 1. The van der Waals surface area contributed by atoms with Crippen LogP contribution in [0.4, 0.5) is 13.2 Å². The average molecular weight is 373 g/mol. The van der Waals surface area contributed by atoms with E-state index in [4.69, 9.17) is 0 Å². The average Bonchev–Trinajstić information content (AvgIpc) is 3.01. The van der Waals surface area contributed by atoms with Crippen LogP contribution in [0.15, 0.2) is 48.5 Å². The third-order valence-electron chi connectivity index (χ3n) is 4.91. The molecule has 1 unspecified atom stereocenters. The molecular formula is C20H18F3N3O. The Morgan fingerprint density at radius 1 is 1.15 bits per heavy atom. The van der Waals surface area contributed by atoms with Crippen molar-refractivity contribution >= 4 is 16.9 Å². The number of nitrogens with zero attached hydrogens (tertiary/aromatic N) is 2. The van der Waals surface area contributed by atoms with E-state index in [1.807, 2.05) is 24.3 Å². The number of fused-ring (bicyclic) bond motifs is 2. The first-order chi connectivity index (χ1) is 12.9. The molecule has 7 heteroatoms. The summed E-state index contributed by atoms with van der Waals surface area (Å²) in [7, 11) is 0. The molecular weight excluding hydrogens is 355 g/mol. The topological polar surface area (TPSA) is 46.9 Å². The van der Waals surface area contributed by atoms with Crippen LogP contribution in [0.1, 0.15) is 35.8 Å². The summed E-state index contributed by atoms with van der Waals surface area (Å²) in [5, 5.41) is 2.90. The maximum atomic E-state index is 13.4. The molecule has 0 bridgehead atoms. The molecule has 1 aliphatic carbocycles. The van der Waals surface area contributed by atoms with Gasteiger partial charge in [0.05, 0.1) is 17.1 Å². The zero-order chi connectivity index (χ0) is 19.0. The van der Waals surface area contributed by atoms with E-state index in [0.717, 1.165) is 29.4 Å². The molecule has 0 radical (unpaired) electrons. The summed E-state index contributed by atoms with van der Waals surface area (Å²) in [4.78, 5) is 16.3. The van der Waals surface area contributed by atoms with Crippen LogP contribution in [0.3, 0.4) is 0 Å². The van der Waals surface area contributed by atoms with Crippen molar-refractivity contribution in [2.24, 2.45) is 0 Å². The van der Waals surface area contributed by atoms with Crippen molar-refractivity contribution in [2.45, 2.75) is 38.0 Å². The van der Waals surface area contributed by atoms with E-state index in [1.165, 1.54) is 11.6 Å². The standard InChI is InChI=1S/C20H18F3N3O/c21-20(22,23)19-25-16-9-3-4-11-17(16)26(19)12-18(27)24-15-10-5-7-13-6-1-2-8-14(13)15/h1-4,6,8-9,11,15H,5,7,10,12H2,(H,24,27). The normalized spacial score (nSPS) is 16.9. The fourth-order valence-corrected chi connectivity index (χ4v) is 3.74. The van der Waals surface area contributed by atoms with Crippen molar-refractivity contribution in [3.8, 4) is 0 Å². The van der Waals surface area contributed by atoms with Gasteiger partial charge in [-0.2, -0.15) is 13.2 Å². The Kier molecular flexibility index (Phi) is 4.37. The predicted molar refractivity (Wildman–Crippen MR) is 95.0 cm³/mol. The lowest BCUT2D eigenvalue weighted by Gasteiger charge is -2.26. The third-order valence-corrected chi connectivity index (χ3v) is 4.91. The summed E-state index contributed by atoms with van der Waals surface area (Å²) >= 11 is 0.